The standard InChI is InChI=1S/C25H21N5O/c31-25-24(27-30(28-25)26-22-6-2-1-3-7-22)18-19-8-10-20(11-9-19)21-12-14-23(15-13-21)29-16-4-5-17-29/h1-18,26-27H,(H,28,31)/b24-18-. The molecule has 1 aliphatic heterocycles. The van der Waals surface area contributed by atoms with Gasteiger partial charge in [0.05, 0.1) is 5.69 Å². The minimum atomic E-state index is -0.201. The highest BCUT2D eigenvalue weighted by molar-refractivity contribution is 5.98. The number of aromatic nitrogens is 1. The van der Waals surface area contributed by atoms with Crippen LogP contribution in [0.5, 0.6) is 0 Å². The van der Waals surface area contributed by atoms with Crippen LogP contribution in [-0.4, -0.2) is 15.7 Å². The number of carbonyl (C=O) groups excluding carboxylic acids is 1. The number of hydrogen-bond acceptors (Lipinski definition) is 4. The van der Waals surface area contributed by atoms with Gasteiger partial charge < -0.3 is 4.57 Å². The van der Waals surface area contributed by atoms with Crippen LogP contribution in [0.3, 0.4) is 0 Å². The molecule has 0 unspecified atom stereocenters. The van der Waals surface area contributed by atoms with Crippen LogP contribution in [-0.2, 0) is 4.79 Å². The largest absolute Gasteiger partial charge is 0.324 e. The molecule has 1 fully saturated rings. The molecule has 4 aromatic rings. The second kappa shape index (κ2) is 8.22. The first-order chi connectivity index (χ1) is 15.2. The highest BCUT2D eigenvalue weighted by atomic mass is 16.2. The molecular formula is C25H21N5O. The van der Waals surface area contributed by atoms with Gasteiger partial charge in [-0.2, -0.15) is 0 Å². The van der Waals surface area contributed by atoms with Crippen LogP contribution < -0.4 is 16.3 Å². The summed E-state index contributed by atoms with van der Waals surface area (Å²) in [5.41, 5.74) is 14.5. The van der Waals surface area contributed by atoms with E-state index in [2.05, 4.69) is 57.2 Å². The Bertz CT molecular complexity index is 1200. The van der Waals surface area contributed by atoms with E-state index in [-0.39, 0.29) is 5.91 Å². The molecule has 0 aliphatic carbocycles. The number of carbonyl (C=O) groups is 1. The van der Waals surface area contributed by atoms with E-state index in [1.54, 1.807) is 0 Å². The maximum absolute atomic E-state index is 12.3. The zero-order valence-corrected chi connectivity index (χ0v) is 16.7. The van der Waals surface area contributed by atoms with Crippen molar-refractivity contribution in [3.63, 3.8) is 0 Å². The van der Waals surface area contributed by atoms with E-state index < -0.39 is 0 Å². The second-order valence-electron chi connectivity index (χ2n) is 7.18. The number of nitrogens with one attached hydrogen (secondary N) is 3. The summed E-state index contributed by atoms with van der Waals surface area (Å²) < 4.78 is 2.08. The lowest BCUT2D eigenvalue weighted by atomic mass is 10.0. The predicted octanol–water partition coefficient (Wildman–Crippen LogP) is 4.36. The van der Waals surface area contributed by atoms with Crippen molar-refractivity contribution in [1.29, 1.82) is 0 Å². The second-order valence-corrected chi connectivity index (χ2v) is 7.18. The summed E-state index contributed by atoms with van der Waals surface area (Å²) in [6, 6.07) is 30.2. The molecule has 6 heteroatoms. The summed E-state index contributed by atoms with van der Waals surface area (Å²) in [6.07, 6.45) is 5.88. The van der Waals surface area contributed by atoms with Crippen molar-refractivity contribution in [2.45, 2.75) is 0 Å². The maximum atomic E-state index is 12.3. The third kappa shape index (κ3) is 4.19. The highest BCUT2D eigenvalue weighted by Crippen LogP contribution is 2.22. The Balaban J connectivity index is 1.27. The Morgan fingerprint density at radius 3 is 2.03 bits per heavy atom. The molecule has 0 spiro atoms. The summed E-state index contributed by atoms with van der Waals surface area (Å²) in [6.45, 7) is 0. The smallest absolute Gasteiger partial charge is 0.286 e. The van der Waals surface area contributed by atoms with Crippen LogP contribution in [0.4, 0.5) is 5.69 Å². The zero-order valence-electron chi connectivity index (χ0n) is 16.7. The Kier molecular flexibility index (Phi) is 4.96. The minimum absolute atomic E-state index is 0.201. The SMILES string of the molecule is O=C1NN(Nc2ccccc2)N/C1=C\c1ccc(-c2ccc(-n3cccc3)cc2)cc1. The van der Waals surface area contributed by atoms with Gasteiger partial charge in [-0.15, -0.1) is 0 Å². The van der Waals surface area contributed by atoms with E-state index in [4.69, 9.17) is 0 Å². The van der Waals surface area contributed by atoms with E-state index in [0.717, 1.165) is 28.1 Å². The van der Waals surface area contributed by atoms with Crippen molar-refractivity contribution >= 4 is 17.7 Å². The number of hydrazine groups is 3. The highest BCUT2D eigenvalue weighted by Gasteiger charge is 2.23. The van der Waals surface area contributed by atoms with Crippen LogP contribution in [0.1, 0.15) is 5.56 Å². The van der Waals surface area contributed by atoms with Gasteiger partial charge in [0, 0.05) is 18.1 Å². The van der Waals surface area contributed by atoms with Crippen molar-refractivity contribution in [3.05, 3.63) is 115 Å². The van der Waals surface area contributed by atoms with Gasteiger partial charge in [-0.1, -0.05) is 54.6 Å². The summed E-state index contributed by atoms with van der Waals surface area (Å²) in [4.78, 5) is 12.3. The lowest BCUT2D eigenvalue weighted by Crippen LogP contribution is -2.43. The van der Waals surface area contributed by atoms with E-state index >= 15 is 0 Å². The van der Waals surface area contributed by atoms with Crippen molar-refractivity contribution in [2.24, 2.45) is 0 Å². The van der Waals surface area contributed by atoms with E-state index in [1.807, 2.05) is 73.1 Å². The average Bonchev–Trinajstić information content (AvgIpc) is 3.46. The van der Waals surface area contributed by atoms with Crippen molar-refractivity contribution in [3.8, 4) is 16.8 Å². The topological polar surface area (TPSA) is 61.3 Å². The molecule has 0 bridgehead atoms. The molecule has 1 aromatic heterocycles. The fourth-order valence-electron chi connectivity index (χ4n) is 3.43. The molecule has 31 heavy (non-hydrogen) atoms. The Hall–Kier alpha value is -4.29. The van der Waals surface area contributed by atoms with Crippen LogP contribution in [0.25, 0.3) is 22.9 Å². The zero-order chi connectivity index (χ0) is 21.0. The Morgan fingerprint density at radius 1 is 0.710 bits per heavy atom. The lowest BCUT2D eigenvalue weighted by Gasteiger charge is -2.16. The molecule has 152 valence electrons. The first kappa shape index (κ1) is 18.7. The van der Waals surface area contributed by atoms with Gasteiger partial charge in [0.15, 0.2) is 0 Å². The fraction of sp³-hybridized carbons (Fsp3) is 0. The van der Waals surface area contributed by atoms with Gasteiger partial charge in [0.25, 0.3) is 5.91 Å². The van der Waals surface area contributed by atoms with Crippen molar-refractivity contribution < 1.29 is 4.79 Å². The normalized spacial score (nSPS) is 15.0. The van der Waals surface area contributed by atoms with Gasteiger partial charge in [-0.25, -0.2) is 5.43 Å². The summed E-state index contributed by atoms with van der Waals surface area (Å²) in [5, 5.41) is 1.45. The Labute approximate surface area is 180 Å². The number of nitrogens with zero attached hydrogens (tertiary/aromatic N) is 2. The van der Waals surface area contributed by atoms with Crippen molar-refractivity contribution in [1.82, 2.24) is 20.6 Å². The maximum Gasteiger partial charge on any atom is 0.286 e. The molecule has 0 saturated carbocycles. The quantitative estimate of drug-likeness (QED) is 0.430. The van der Waals surface area contributed by atoms with Crippen LogP contribution in [0, 0.1) is 0 Å². The fourth-order valence-corrected chi connectivity index (χ4v) is 3.43. The number of benzene rings is 3. The summed E-state index contributed by atoms with van der Waals surface area (Å²) in [5.74, 6) is -0.201. The van der Waals surface area contributed by atoms with Crippen molar-refractivity contribution in [2.75, 3.05) is 5.43 Å². The average molecular weight is 407 g/mol. The molecule has 1 saturated heterocycles. The minimum Gasteiger partial charge on any atom is -0.324 e. The van der Waals surface area contributed by atoms with Gasteiger partial charge in [-0.05, 0) is 64.4 Å². The number of anilines is 1. The van der Waals surface area contributed by atoms with Gasteiger partial charge in [-0.3, -0.25) is 15.6 Å². The van der Waals surface area contributed by atoms with Crippen LogP contribution in [0.2, 0.25) is 0 Å². The number of rotatable bonds is 5. The predicted molar refractivity (Wildman–Crippen MR) is 122 cm³/mol. The molecule has 0 radical (unpaired) electrons. The van der Waals surface area contributed by atoms with Crippen LogP contribution in [0.15, 0.2) is 109 Å². The third-order valence-electron chi connectivity index (χ3n) is 5.03. The van der Waals surface area contributed by atoms with Gasteiger partial charge in [0.1, 0.15) is 5.70 Å². The summed E-state index contributed by atoms with van der Waals surface area (Å²) in [7, 11) is 0. The third-order valence-corrected chi connectivity index (χ3v) is 5.03. The monoisotopic (exact) mass is 407 g/mol. The van der Waals surface area contributed by atoms with E-state index in [0.29, 0.717) is 5.70 Å². The molecule has 3 aromatic carbocycles. The first-order valence-electron chi connectivity index (χ1n) is 10.00. The molecule has 5 rings (SSSR count). The molecule has 1 amide bonds. The number of para-hydroxylation sites is 1. The number of hydrogen-bond donors (Lipinski definition) is 3. The summed E-state index contributed by atoms with van der Waals surface area (Å²) >= 11 is 0. The van der Waals surface area contributed by atoms with Gasteiger partial charge in [0.2, 0.25) is 0 Å². The molecule has 0 atom stereocenters. The Morgan fingerprint density at radius 2 is 1.35 bits per heavy atom. The van der Waals surface area contributed by atoms with Crippen LogP contribution >= 0.6 is 0 Å². The molecular weight excluding hydrogens is 386 g/mol. The molecule has 1 aliphatic rings. The first-order valence-corrected chi connectivity index (χ1v) is 10.00. The van der Waals surface area contributed by atoms with E-state index in [1.165, 1.54) is 5.23 Å². The molecule has 2 heterocycles. The van der Waals surface area contributed by atoms with Gasteiger partial charge >= 0.3 is 0 Å². The lowest BCUT2D eigenvalue weighted by molar-refractivity contribution is -0.118. The molecule has 3 N–H and O–H groups in total. The molecule has 6 nitrogen and oxygen atoms in total. The van der Waals surface area contributed by atoms with E-state index in [9.17, 15) is 4.79 Å². The number of amides is 1.